The molecule has 7 aromatic rings. The first-order valence-corrected chi connectivity index (χ1v) is 30.3. The molecular weight excluding hydrogens is 1180 g/mol. The molecule has 9 aliphatic rings. The van der Waals surface area contributed by atoms with Crippen molar-refractivity contribution in [1.82, 2.24) is 15.1 Å². The molecule has 6 saturated heterocycles. The van der Waals surface area contributed by atoms with Crippen molar-refractivity contribution in [3.05, 3.63) is 218 Å². The average Bonchev–Trinajstić information content (AvgIpc) is 1.67. The summed E-state index contributed by atoms with van der Waals surface area (Å²) in [4.78, 5) is 51.6. The van der Waals surface area contributed by atoms with Gasteiger partial charge in [-0.25, -0.2) is 0 Å². The standard InChI is InChI=1S/C26H24N2O3.C23H19F3N2O3.C21H20N2O2.CH4O.Na.H2O/c27-26(29)22-6-3-5-21-24(20-4-1-2-7-23(20)31-25(21)22)17-12-18-8-9-19(13-17)28(18)14-16-10-11-30-15-16;24-23(25,26)22(30)28-13-8-9-14(28)11-12(10-13)19-15-4-1-2-7-18(15)31-20-16(19)5-3-6-17(20)21(27)29;22-21(24)17-6-3-5-16-19(12-10-13-8-9-14(11-12)23-13)15-4-1-2-7-18(15)25-20(16)17;1-2;;/h1-7,10-11,15,18-19H,8-9,12-14H2,(H2,27,29);1-7,13-14H,8-11H2,(H2,27,29);1-7,13-14,23H,8-11H2,(H2,22,24);2H,1H3;;1H2/q;;;;+1;/p-1. The van der Waals surface area contributed by atoms with Crippen molar-refractivity contribution in [3.8, 4) is 34.5 Å². The third kappa shape index (κ3) is 12.2. The van der Waals surface area contributed by atoms with E-state index in [4.69, 9.17) is 40.9 Å². The second-order valence-corrected chi connectivity index (χ2v) is 24.0. The van der Waals surface area contributed by atoms with Crippen molar-refractivity contribution >= 4 is 40.3 Å². The number of piperidine rings is 3. The molecule has 6 unspecified atom stereocenters. The Bertz CT molecular complexity index is 4040. The third-order valence-corrected chi connectivity index (χ3v) is 18.9. The predicted octanol–water partition coefficient (Wildman–Crippen LogP) is 9.57. The Morgan fingerprint density at radius 1 is 0.495 bits per heavy atom. The maximum atomic E-state index is 13.1. The van der Waals surface area contributed by atoms with Crippen LogP contribution in [0.25, 0.3) is 16.7 Å². The zero-order valence-electron chi connectivity index (χ0n) is 50.4. The van der Waals surface area contributed by atoms with Crippen LogP contribution in [0.3, 0.4) is 0 Å². The number of nitrogens with one attached hydrogen (secondary N) is 1. The van der Waals surface area contributed by atoms with Crippen molar-refractivity contribution < 1.29 is 91.1 Å². The quantitative estimate of drug-likeness (QED) is 0.101. The summed E-state index contributed by atoms with van der Waals surface area (Å²) in [6.07, 6.45) is 9.58. The van der Waals surface area contributed by atoms with Crippen LogP contribution in [0.5, 0.6) is 34.5 Å². The Morgan fingerprint density at radius 3 is 1.21 bits per heavy atom. The molecule has 0 saturated carbocycles. The second-order valence-electron chi connectivity index (χ2n) is 24.0. The van der Waals surface area contributed by atoms with Crippen molar-refractivity contribution in [2.75, 3.05) is 7.11 Å². The van der Waals surface area contributed by atoms with Gasteiger partial charge in [-0.2, -0.15) is 13.2 Å². The number of hydrogen-bond donors (Lipinski definition) is 5. The van der Waals surface area contributed by atoms with E-state index < -0.39 is 41.9 Å². The molecule has 464 valence electrons. The molecule has 16 rings (SSSR count). The summed E-state index contributed by atoms with van der Waals surface area (Å²) < 4.78 is 62.9. The fraction of sp³-hybridized carbons (Fsp3) is 0.296. The van der Waals surface area contributed by atoms with Crippen LogP contribution in [-0.4, -0.2) is 93.5 Å². The van der Waals surface area contributed by atoms with Gasteiger partial charge in [0.2, 0.25) is 0 Å². The van der Waals surface area contributed by atoms with Gasteiger partial charge in [-0.1, -0.05) is 108 Å². The van der Waals surface area contributed by atoms with Gasteiger partial charge in [0.1, 0.15) is 34.5 Å². The van der Waals surface area contributed by atoms with Gasteiger partial charge in [0.05, 0.1) is 29.2 Å². The van der Waals surface area contributed by atoms with E-state index in [1.807, 2.05) is 85.1 Å². The third-order valence-electron chi connectivity index (χ3n) is 18.9. The minimum Gasteiger partial charge on any atom is -0.870 e. The summed E-state index contributed by atoms with van der Waals surface area (Å²) in [5, 5.41) is 10.7. The number of amides is 4. The second kappa shape index (κ2) is 26.5. The smallest absolute Gasteiger partial charge is 0.870 e. The molecule has 4 amide bonds. The van der Waals surface area contributed by atoms with Gasteiger partial charge in [-0.05, 0) is 136 Å². The van der Waals surface area contributed by atoms with Crippen LogP contribution < -0.4 is 66.3 Å². The van der Waals surface area contributed by atoms with Gasteiger partial charge in [-0.3, -0.25) is 24.1 Å². The molecule has 0 radical (unpaired) electrons. The molecule has 6 aromatic carbocycles. The molecular formula is C71H68F3N6NaO10. The Hall–Kier alpha value is -8.27. The minimum atomic E-state index is -4.88. The Morgan fingerprint density at radius 2 is 0.846 bits per heavy atom. The minimum absolute atomic E-state index is 0. The number of nitrogens with two attached hydrogens (primary N) is 3. The number of rotatable bonds is 5. The van der Waals surface area contributed by atoms with Crippen LogP contribution in [0.1, 0.15) is 147 Å². The van der Waals surface area contributed by atoms with Crippen molar-refractivity contribution in [1.29, 1.82) is 0 Å². The first-order valence-electron chi connectivity index (χ1n) is 30.3. The molecule has 1 aromatic heterocycles. The van der Waals surface area contributed by atoms with E-state index in [0.29, 0.717) is 89.5 Å². The summed E-state index contributed by atoms with van der Waals surface area (Å²) in [6, 6.07) is 43.3. The number of primary amides is 3. The number of alkyl halides is 3. The van der Waals surface area contributed by atoms with Gasteiger partial charge in [0.25, 0.3) is 17.7 Å². The SMILES string of the molecule is CO.NC(=O)c1cccc2c1Oc1ccccc1C2=C1CC2CCC(C1)N2.NC(=O)c1cccc2c1Oc1ccccc1C2=C1CC2CCC(C1)N2C(=O)C(F)(F)F.NC(=O)c1cccc2c1Oc1ccccc1C2=C1CC2CCC(C1)N2Cc1ccoc1.[Na+].[OH-]. The van der Waals surface area contributed by atoms with Crippen LogP contribution in [0.4, 0.5) is 13.2 Å². The number of furan rings is 1. The Labute approximate surface area is 546 Å². The number of aliphatic hydroxyl groups is 1. The summed E-state index contributed by atoms with van der Waals surface area (Å²) in [7, 11) is 1.00. The maximum absolute atomic E-state index is 13.1. The molecule has 0 spiro atoms. The van der Waals surface area contributed by atoms with Crippen LogP contribution in [0, 0.1) is 0 Å². The number of para-hydroxylation sites is 6. The number of halogens is 3. The van der Waals surface area contributed by atoms with Crippen LogP contribution in [0.2, 0.25) is 0 Å². The van der Waals surface area contributed by atoms with E-state index in [9.17, 15) is 32.3 Å². The van der Waals surface area contributed by atoms with Gasteiger partial charge < -0.3 is 56.6 Å². The molecule has 91 heavy (non-hydrogen) atoms. The molecule has 10 heterocycles. The molecule has 16 nitrogen and oxygen atoms in total. The topological polar surface area (TPSA) is 256 Å². The van der Waals surface area contributed by atoms with Gasteiger partial charge >= 0.3 is 41.6 Å². The van der Waals surface area contributed by atoms with Gasteiger partial charge in [0, 0.05) is 88.8 Å². The molecule has 6 fully saturated rings. The average molecular weight is 1250 g/mol. The predicted molar refractivity (Wildman–Crippen MR) is 331 cm³/mol. The number of aliphatic hydroxyl groups excluding tert-OH is 1. The fourth-order valence-electron chi connectivity index (χ4n) is 15.3. The van der Waals surface area contributed by atoms with Crippen molar-refractivity contribution in [2.24, 2.45) is 17.2 Å². The van der Waals surface area contributed by atoms with E-state index >= 15 is 0 Å². The number of nitrogens with zero attached hydrogens (tertiary/aromatic N) is 2. The molecule has 20 heteroatoms. The first kappa shape index (κ1) is 64.3. The first-order chi connectivity index (χ1) is 43.1. The number of carbonyl (C=O) groups is 4. The van der Waals surface area contributed by atoms with E-state index in [0.717, 1.165) is 94.7 Å². The van der Waals surface area contributed by atoms with Crippen LogP contribution in [-0.2, 0) is 11.3 Å². The van der Waals surface area contributed by atoms with Crippen LogP contribution in [0.15, 0.2) is 167 Å². The molecule has 6 bridgehead atoms. The van der Waals surface area contributed by atoms with Crippen LogP contribution >= 0.6 is 0 Å². The summed E-state index contributed by atoms with van der Waals surface area (Å²) in [6.45, 7) is 0.941. The van der Waals surface area contributed by atoms with Gasteiger partial charge in [0.15, 0.2) is 0 Å². The molecule has 6 atom stereocenters. The zero-order chi connectivity index (χ0) is 61.8. The maximum Gasteiger partial charge on any atom is 1.00 e. The monoisotopic (exact) mass is 1240 g/mol. The van der Waals surface area contributed by atoms with Crippen molar-refractivity contribution in [2.45, 2.75) is 126 Å². The van der Waals surface area contributed by atoms with E-state index in [2.05, 4.69) is 34.5 Å². The Kier molecular flexibility index (Phi) is 18.7. The largest absolute Gasteiger partial charge is 1.00 e. The van der Waals surface area contributed by atoms with E-state index in [1.165, 1.54) is 53.5 Å². The number of ether oxygens (including phenoxy) is 3. The molecule has 9 aliphatic heterocycles. The summed E-state index contributed by atoms with van der Waals surface area (Å²) in [5.74, 6) is 0.410. The molecule has 9 N–H and O–H groups in total. The fourth-order valence-corrected chi connectivity index (χ4v) is 15.3. The number of benzene rings is 6. The summed E-state index contributed by atoms with van der Waals surface area (Å²) in [5.41, 5.74) is 32.1. The van der Waals surface area contributed by atoms with Crippen molar-refractivity contribution in [3.63, 3.8) is 0 Å². The number of fused-ring (bicyclic) bond motifs is 12. The normalized spacial score (nSPS) is 21.6. The Balaban J connectivity index is 0.000000138. The van der Waals surface area contributed by atoms with E-state index in [1.54, 1.807) is 36.6 Å². The summed E-state index contributed by atoms with van der Waals surface area (Å²) >= 11 is 0. The zero-order valence-corrected chi connectivity index (χ0v) is 52.4. The molecule has 0 aliphatic carbocycles. The number of hydrogen-bond acceptors (Lipinski definition) is 12. The number of carbonyl (C=O) groups excluding carboxylic acids is 4. The van der Waals surface area contributed by atoms with E-state index in [-0.39, 0.29) is 40.6 Å². The van der Waals surface area contributed by atoms with Gasteiger partial charge in [-0.15, -0.1) is 0 Å².